The number of carbonyl (C=O) groups is 1. The van der Waals surface area contributed by atoms with Gasteiger partial charge in [0.1, 0.15) is 0 Å². The summed E-state index contributed by atoms with van der Waals surface area (Å²) in [4.78, 5) is 11.2. The quantitative estimate of drug-likeness (QED) is 0.565. The van der Waals surface area contributed by atoms with Crippen molar-refractivity contribution in [2.24, 2.45) is 0 Å². The first-order valence-corrected chi connectivity index (χ1v) is 7.04. The van der Waals surface area contributed by atoms with E-state index in [0.29, 0.717) is 19.5 Å². The van der Waals surface area contributed by atoms with Crippen LogP contribution in [0.3, 0.4) is 0 Å². The zero-order valence-corrected chi connectivity index (χ0v) is 10.7. The van der Waals surface area contributed by atoms with Crippen molar-refractivity contribution >= 4 is 17.7 Å². The first kappa shape index (κ1) is 15.3. The number of nitriles is 1. The van der Waals surface area contributed by atoms with Crippen LogP contribution in [-0.4, -0.2) is 37.6 Å². The summed E-state index contributed by atoms with van der Waals surface area (Å²) in [6.07, 6.45) is 6.07. The molecule has 16 heavy (non-hydrogen) atoms. The normalized spacial score (nSPS) is 9.75. The lowest BCUT2D eigenvalue weighted by Gasteiger charge is -2.05. The van der Waals surface area contributed by atoms with Crippen molar-refractivity contribution in [2.45, 2.75) is 25.7 Å². The van der Waals surface area contributed by atoms with Gasteiger partial charge in [-0.2, -0.15) is 17.0 Å². The summed E-state index contributed by atoms with van der Waals surface area (Å²) in [5, 5.41) is 14.0. The lowest BCUT2D eigenvalue weighted by atomic mass is 10.2. The SMILES string of the molecule is CSCCCCCNCC(=O)NCCC#N. The summed E-state index contributed by atoms with van der Waals surface area (Å²) in [5.41, 5.74) is 0. The zero-order chi connectivity index (χ0) is 12.1. The predicted octanol–water partition coefficient (Wildman–Crippen LogP) is 1.14. The van der Waals surface area contributed by atoms with E-state index in [4.69, 9.17) is 5.26 Å². The van der Waals surface area contributed by atoms with Crippen LogP contribution in [0.25, 0.3) is 0 Å². The van der Waals surface area contributed by atoms with Gasteiger partial charge in [0.15, 0.2) is 0 Å². The lowest BCUT2D eigenvalue weighted by molar-refractivity contribution is -0.120. The van der Waals surface area contributed by atoms with Crippen LogP contribution in [-0.2, 0) is 4.79 Å². The standard InChI is InChI=1S/C11H21N3OS/c1-16-9-4-2-3-7-13-10-11(15)14-8-5-6-12/h13H,2-5,7-10H2,1H3,(H,14,15). The molecular formula is C11H21N3OS. The van der Waals surface area contributed by atoms with Gasteiger partial charge in [-0.1, -0.05) is 6.42 Å². The molecular weight excluding hydrogens is 222 g/mol. The molecule has 0 rings (SSSR count). The van der Waals surface area contributed by atoms with E-state index in [0.717, 1.165) is 13.0 Å². The molecule has 0 bridgehead atoms. The smallest absolute Gasteiger partial charge is 0.233 e. The highest BCUT2D eigenvalue weighted by Crippen LogP contribution is 2.00. The Morgan fingerprint density at radius 1 is 1.31 bits per heavy atom. The van der Waals surface area contributed by atoms with E-state index >= 15 is 0 Å². The van der Waals surface area contributed by atoms with Gasteiger partial charge >= 0.3 is 0 Å². The lowest BCUT2D eigenvalue weighted by Crippen LogP contribution is -2.34. The first-order valence-electron chi connectivity index (χ1n) is 5.64. The summed E-state index contributed by atoms with van der Waals surface area (Å²) in [5.74, 6) is 1.19. The first-order chi connectivity index (χ1) is 7.81. The molecule has 0 aromatic carbocycles. The Balaban J connectivity index is 3.12. The molecule has 4 nitrogen and oxygen atoms in total. The molecule has 0 saturated heterocycles. The highest BCUT2D eigenvalue weighted by atomic mass is 32.2. The fourth-order valence-corrected chi connectivity index (χ4v) is 1.69. The third-order valence-corrected chi connectivity index (χ3v) is 2.74. The van der Waals surface area contributed by atoms with Gasteiger partial charge in [0.05, 0.1) is 19.0 Å². The number of rotatable bonds is 10. The van der Waals surface area contributed by atoms with E-state index < -0.39 is 0 Å². The predicted molar refractivity (Wildman–Crippen MR) is 68.3 cm³/mol. The molecule has 2 N–H and O–H groups in total. The van der Waals surface area contributed by atoms with Crippen molar-refractivity contribution in [2.75, 3.05) is 31.6 Å². The van der Waals surface area contributed by atoms with Gasteiger partial charge in [-0.25, -0.2) is 0 Å². The molecule has 0 radical (unpaired) electrons. The van der Waals surface area contributed by atoms with Gasteiger partial charge in [0, 0.05) is 6.54 Å². The third-order valence-electron chi connectivity index (χ3n) is 2.05. The molecule has 0 aliphatic rings. The molecule has 1 amide bonds. The number of thioether (sulfide) groups is 1. The second-order valence-electron chi connectivity index (χ2n) is 3.49. The molecule has 0 saturated carbocycles. The minimum atomic E-state index is -0.0284. The van der Waals surface area contributed by atoms with E-state index in [2.05, 4.69) is 16.9 Å². The van der Waals surface area contributed by atoms with Crippen LogP contribution in [0.1, 0.15) is 25.7 Å². The van der Waals surface area contributed by atoms with Crippen LogP contribution in [0.5, 0.6) is 0 Å². The van der Waals surface area contributed by atoms with Crippen molar-refractivity contribution < 1.29 is 4.79 Å². The zero-order valence-electron chi connectivity index (χ0n) is 9.92. The Hall–Kier alpha value is -0.730. The maximum absolute atomic E-state index is 11.2. The van der Waals surface area contributed by atoms with E-state index in [-0.39, 0.29) is 5.91 Å². The van der Waals surface area contributed by atoms with Crippen molar-refractivity contribution in [3.8, 4) is 6.07 Å². The van der Waals surface area contributed by atoms with E-state index in [9.17, 15) is 4.79 Å². The Morgan fingerprint density at radius 3 is 2.81 bits per heavy atom. The Kier molecular flexibility index (Phi) is 11.8. The molecule has 0 aromatic rings. The van der Waals surface area contributed by atoms with E-state index in [1.54, 1.807) is 0 Å². The highest BCUT2D eigenvalue weighted by Gasteiger charge is 1.98. The van der Waals surface area contributed by atoms with Crippen molar-refractivity contribution in [1.29, 1.82) is 5.26 Å². The summed E-state index contributed by atoms with van der Waals surface area (Å²) in [6, 6.07) is 1.98. The molecule has 0 unspecified atom stereocenters. The van der Waals surface area contributed by atoms with Crippen LogP contribution < -0.4 is 10.6 Å². The van der Waals surface area contributed by atoms with Crippen LogP contribution in [0.4, 0.5) is 0 Å². The number of hydrogen-bond donors (Lipinski definition) is 2. The average molecular weight is 243 g/mol. The molecule has 0 aromatic heterocycles. The Morgan fingerprint density at radius 2 is 2.12 bits per heavy atom. The maximum atomic E-state index is 11.2. The molecule has 0 fully saturated rings. The van der Waals surface area contributed by atoms with Crippen molar-refractivity contribution in [3.05, 3.63) is 0 Å². The summed E-state index contributed by atoms with van der Waals surface area (Å²) in [6.45, 7) is 1.69. The number of nitrogens with one attached hydrogen (secondary N) is 2. The van der Waals surface area contributed by atoms with Crippen LogP contribution >= 0.6 is 11.8 Å². The van der Waals surface area contributed by atoms with Crippen LogP contribution in [0, 0.1) is 11.3 Å². The van der Waals surface area contributed by atoms with E-state index in [1.807, 2.05) is 17.8 Å². The summed E-state index contributed by atoms with van der Waals surface area (Å²) < 4.78 is 0. The minimum absolute atomic E-state index is 0.0284. The van der Waals surface area contributed by atoms with Crippen molar-refractivity contribution in [1.82, 2.24) is 10.6 Å². The maximum Gasteiger partial charge on any atom is 0.233 e. The minimum Gasteiger partial charge on any atom is -0.354 e. The number of amides is 1. The molecule has 0 aliphatic heterocycles. The molecule has 5 heteroatoms. The summed E-state index contributed by atoms with van der Waals surface area (Å²) >= 11 is 1.87. The summed E-state index contributed by atoms with van der Waals surface area (Å²) in [7, 11) is 0. The van der Waals surface area contributed by atoms with Gasteiger partial charge in [0.2, 0.25) is 5.91 Å². The fraction of sp³-hybridized carbons (Fsp3) is 0.818. The molecule has 0 heterocycles. The van der Waals surface area contributed by atoms with Gasteiger partial charge in [-0.05, 0) is 31.4 Å². The molecule has 0 aliphatic carbocycles. The van der Waals surface area contributed by atoms with Crippen LogP contribution in [0.15, 0.2) is 0 Å². The Labute approximate surface area is 102 Å². The van der Waals surface area contributed by atoms with Gasteiger partial charge in [0.25, 0.3) is 0 Å². The van der Waals surface area contributed by atoms with Gasteiger partial charge in [-0.3, -0.25) is 4.79 Å². The molecule has 92 valence electrons. The molecule has 0 spiro atoms. The van der Waals surface area contributed by atoms with Crippen molar-refractivity contribution in [3.63, 3.8) is 0 Å². The largest absolute Gasteiger partial charge is 0.354 e. The van der Waals surface area contributed by atoms with Gasteiger partial charge in [-0.15, -0.1) is 0 Å². The van der Waals surface area contributed by atoms with E-state index in [1.165, 1.54) is 18.6 Å². The Bertz CT molecular complexity index is 216. The number of carbonyl (C=O) groups excluding carboxylic acids is 1. The van der Waals surface area contributed by atoms with Crippen LogP contribution in [0.2, 0.25) is 0 Å². The monoisotopic (exact) mass is 243 g/mol. The third kappa shape index (κ3) is 11.3. The number of hydrogen-bond acceptors (Lipinski definition) is 4. The second kappa shape index (κ2) is 12.3. The second-order valence-corrected chi connectivity index (χ2v) is 4.47. The molecule has 0 atom stereocenters. The number of nitrogens with zero attached hydrogens (tertiary/aromatic N) is 1. The number of unbranched alkanes of at least 4 members (excludes halogenated alkanes) is 2. The highest BCUT2D eigenvalue weighted by molar-refractivity contribution is 7.98. The fourth-order valence-electron chi connectivity index (χ4n) is 1.20. The average Bonchev–Trinajstić information content (AvgIpc) is 2.28. The topological polar surface area (TPSA) is 64.9 Å². The van der Waals surface area contributed by atoms with Gasteiger partial charge < -0.3 is 10.6 Å².